The number of nitrogens with one attached hydrogen (secondary N) is 1. The number of nitrogens with zero attached hydrogens (tertiary/aromatic N) is 2. The van der Waals surface area contributed by atoms with Crippen molar-refractivity contribution in [2.45, 2.75) is 18.9 Å². The minimum absolute atomic E-state index is 0.0382. The Morgan fingerprint density at radius 3 is 2.07 bits per heavy atom. The standard InChI is InChI=1S/C18H13F6N3O2/c1-26-4-2-10-3-5-27(16(29)15(10)26)9-14(28)25-13-7-11(17(19,20)21)6-12(8-13)18(22,23)24/h2-8H,9H2,1H3,(H,25,28). The fourth-order valence-corrected chi connectivity index (χ4v) is 2.84. The molecule has 29 heavy (non-hydrogen) atoms. The van der Waals surface area contributed by atoms with Gasteiger partial charge in [-0.2, -0.15) is 26.3 Å². The highest BCUT2D eigenvalue weighted by Crippen LogP contribution is 2.37. The summed E-state index contributed by atoms with van der Waals surface area (Å²) in [5.41, 5.74) is -4.00. The maximum Gasteiger partial charge on any atom is 0.416 e. The normalized spacial score (nSPS) is 12.4. The van der Waals surface area contributed by atoms with Crippen LogP contribution < -0.4 is 10.9 Å². The van der Waals surface area contributed by atoms with Gasteiger partial charge in [0, 0.05) is 30.5 Å². The van der Waals surface area contributed by atoms with Crippen molar-refractivity contribution in [3.63, 3.8) is 0 Å². The zero-order valence-corrected chi connectivity index (χ0v) is 14.7. The lowest BCUT2D eigenvalue weighted by atomic mass is 10.1. The van der Waals surface area contributed by atoms with Gasteiger partial charge in [0.15, 0.2) is 0 Å². The Kier molecular flexibility index (Phi) is 4.93. The number of fused-ring (bicyclic) bond motifs is 1. The molecule has 0 unspecified atom stereocenters. The molecule has 154 valence electrons. The first-order valence-corrected chi connectivity index (χ1v) is 8.10. The Balaban J connectivity index is 1.90. The molecule has 3 rings (SSSR count). The molecule has 2 aromatic heterocycles. The molecular weight excluding hydrogens is 404 g/mol. The van der Waals surface area contributed by atoms with Crippen molar-refractivity contribution in [1.82, 2.24) is 9.13 Å². The van der Waals surface area contributed by atoms with Crippen LogP contribution in [-0.2, 0) is 30.7 Å². The van der Waals surface area contributed by atoms with Crippen molar-refractivity contribution in [2.24, 2.45) is 7.05 Å². The van der Waals surface area contributed by atoms with E-state index in [9.17, 15) is 35.9 Å². The Morgan fingerprint density at radius 2 is 1.52 bits per heavy atom. The van der Waals surface area contributed by atoms with Gasteiger partial charge >= 0.3 is 12.4 Å². The number of pyridine rings is 1. The average molecular weight is 417 g/mol. The number of carbonyl (C=O) groups excluding carboxylic acids is 1. The first-order chi connectivity index (χ1) is 13.4. The second-order valence-corrected chi connectivity index (χ2v) is 6.32. The number of carbonyl (C=O) groups is 1. The minimum Gasteiger partial charge on any atom is -0.346 e. The van der Waals surface area contributed by atoms with E-state index in [0.717, 1.165) is 4.57 Å². The summed E-state index contributed by atoms with van der Waals surface area (Å²) in [6.45, 7) is -0.586. The summed E-state index contributed by atoms with van der Waals surface area (Å²) in [5, 5.41) is 2.62. The summed E-state index contributed by atoms with van der Waals surface area (Å²) in [5.74, 6) is -0.951. The van der Waals surface area contributed by atoms with Crippen LogP contribution in [0.1, 0.15) is 11.1 Å². The molecule has 11 heteroatoms. The van der Waals surface area contributed by atoms with E-state index >= 15 is 0 Å². The number of alkyl halides is 6. The Bertz CT molecular complexity index is 1110. The van der Waals surface area contributed by atoms with Crippen LogP contribution in [-0.4, -0.2) is 15.0 Å². The van der Waals surface area contributed by atoms with Gasteiger partial charge in [-0.05, 0) is 30.3 Å². The molecule has 0 aliphatic carbocycles. The highest BCUT2D eigenvalue weighted by atomic mass is 19.4. The van der Waals surface area contributed by atoms with E-state index in [2.05, 4.69) is 0 Å². The Labute approximate surface area is 159 Å². The lowest BCUT2D eigenvalue weighted by molar-refractivity contribution is -0.143. The van der Waals surface area contributed by atoms with Crippen molar-refractivity contribution in [3.8, 4) is 0 Å². The predicted octanol–water partition coefficient (Wildman–Crippen LogP) is 4.02. The topological polar surface area (TPSA) is 56.0 Å². The molecule has 0 aliphatic heterocycles. The summed E-state index contributed by atoms with van der Waals surface area (Å²) in [6, 6.07) is 4.01. The van der Waals surface area contributed by atoms with Crippen molar-refractivity contribution in [1.29, 1.82) is 0 Å². The summed E-state index contributed by atoms with van der Waals surface area (Å²) in [6.07, 6.45) is -7.11. The predicted molar refractivity (Wildman–Crippen MR) is 92.3 cm³/mol. The van der Waals surface area contributed by atoms with Crippen LogP contribution in [0, 0.1) is 0 Å². The van der Waals surface area contributed by atoms with Crippen LogP contribution in [0.5, 0.6) is 0 Å². The third-order valence-electron chi connectivity index (χ3n) is 4.19. The number of hydrogen-bond acceptors (Lipinski definition) is 2. The number of benzene rings is 1. The summed E-state index contributed by atoms with van der Waals surface area (Å²) in [7, 11) is 1.62. The molecule has 1 amide bonds. The maximum absolute atomic E-state index is 12.9. The maximum atomic E-state index is 12.9. The highest BCUT2D eigenvalue weighted by Gasteiger charge is 2.37. The van der Waals surface area contributed by atoms with Crippen LogP contribution >= 0.6 is 0 Å². The van der Waals surface area contributed by atoms with E-state index < -0.39 is 47.2 Å². The average Bonchev–Trinajstić information content (AvgIpc) is 2.97. The smallest absolute Gasteiger partial charge is 0.346 e. The molecule has 3 aromatic rings. The number of halogens is 6. The van der Waals surface area contributed by atoms with E-state index in [-0.39, 0.29) is 6.07 Å². The lowest BCUT2D eigenvalue weighted by Crippen LogP contribution is -2.28. The van der Waals surface area contributed by atoms with Crippen molar-refractivity contribution >= 4 is 22.5 Å². The summed E-state index contributed by atoms with van der Waals surface area (Å²) in [4.78, 5) is 24.6. The van der Waals surface area contributed by atoms with Crippen LogP contribution in [0.15, 0.2) is 47.5 Å². The molecule has 0 bridgehead atoms. The zero-order chi connectivity index (χ0) is 21.6. The third-order valence-corrected chi connectivity index (χ3v) is 4.19. The van der Waals surface area contributed by atoms with E-state index in [1.807, 2.05) is 5.32 Å². The fourth-order valence-electron chi connectivity index (χ4n) is 2.84. The van der Waals surface area contributed by atoms with Gasteiger partial charge in [0.05, 0.1) is 11.1 Å². The number of amides is 1. The monoisotopic (exact) mass is 417 g/mol. The van der Waals surface area contributed by atoms with Gasteiger partial charge in [0.1, 0.15) is 12.1 Å². The van der Waals surface area contributed by atoms with Gasteiger partial charge in [-0.25, -0.2) is 0 Å². The summed E-state index contributed by atoms with van der Waals surface area (Å²) < 4.78 is 80.0. The Hall–Kier alpha value is -3.24. The van der Waals surface area contributed by atoms with Crippen LogP contribution in [0.2, 0.25) is 0 Å². The van der Waals surface area contributed by atoms with Crippen molar-refractivity contribution < 1.29 is 31.1 Å². The SMILES string of the molecule is Cn1ccc2ccn(CC(=O)Nc3cc(C(F)(F)F)cc(C(F)(F)F)c3)c(=O)c21. The van der Waals surface area contributed by atoms with Gasteiger partial charge in [-0.1, -0.05) is 0 Å². The van der Waals surface area contributed by atoms with Crippen LogP contribution in [0.3, 0.4) is 0 Å². The lowest BCUT2D eigenvalue weighted by Gasteiger charge is -2.15. The second-order valence-electron chi connectivity index (χ2n) is 6.32. The minimum atomic E-state index is -5.03. The van der Waals surface area contributed by atoms with Gasteiger partial charge < -0.3 is 14.5 Å². The molecule has 0 spiro atoms. The zero-order valence-electron chi connectivity index (χ0n) is 14.7. The second kappa shape index (κ2) is 6.98. The molecule has 2 heterocycles. The Morgan fingerprint density at radius 1 is 0.966 bits per heavy atom. The van der Waals surface area contributed by atoms with E-state index in [1.165, 1.54) is 10.8 Å². The molecular formula is C18H13F6N3O2. The third kappa shape index (κ3) is 4.28. The first kappa shape index (κ1) is 20.5. The number of aryl methyl sites for hydroxylation is 1. The largest absolute Gasteiger partial charge is 0.416 e. The molecule has 0 radical (unpaired) electrons. The van der Waals surface area contributed by atoms with Crippen molar-refractivity contribution in [2.75, 3.05) is 5.32 Å². The number of aromatic nitrogens is 2. The van der Waals surface area contributed by atoms with Crippen molar-refractivity contribution in [3.05, 3.63) is 64.2 Å². The van der Waals surface area contributed by atoms with Crippen LogP contribution in [0.4, 0.5) is 32.0 Å². The molecule has 0 aliphatic rings. The molecule has 5 nitrogen and oxygen atoms in total. The van der Waals surface area contributed by atoms with Gasteiger partial charge in [0.25, 0.3) is 5.56 Å². The molecule has 1 aromatic carbocycles. The number of anilines is 1. The fraction of sp³-hybridized carbons (Fsp3) is 0.222. The van der Waals surface area contributed by atoms with E-state index in [4.69, 9.17) is 0 Å². The van der Waals surface area contributed by atoms with Crippen LogP contribution in [0.25, 0.3) is 10.9 Å². The quantitative estimate of drug-likeness (QED) is 0.655. The summed E-state index contributed by atoms with van der Waals surface area (Å²) >= 11 is 0. The molecule has 1 N–H and O–H groups in total. The van der Waals surface area contributed by atoms with E-state index in [0.29, 0.717) is 23.0 Å². The number of hydrogen-bond donors (Lipinski definition) is 1. The molecule has 0 saturated carbocycles. The molecule has 0 fully saturated rings. The first-order valence-electron chi connectivity index (χ1n) is 8.10. The highest BCUT2D eigenvalue weighted by molar-refractivity contribution is 5.91. The number of rotatable bonds is 3. The van der Waals surface area contributed by atoms with Gasteiger partial charge in [-0.3, -0.25) is 9.59 Å². The molecule has 0 saturated heterocycles. The molecule has 0 atom stereocenters. The van der Waals surface area contributed by atoms with Gasteiger partial charge in [0.2, 0.25) is 5.91 Å². The van der Waals surface area contributed by atoms with E-state index in [1.54, 1.807) is 25.4 Å². The van der Waals surface area contributed by atoms with Gasteiger partial charge in [-0.15, -0.1) is 0 Å².